The van der Waals surface area contributed by atoms with Crippen LogP contribution in [0.3, 0.4) is 0 Å². The lowest BCUT2D eigenvalue weighted by molar-refractivity contribution is 0.413. The zero-order valence-electron chi connectivity index (χ0n) is 8.22. The Balaban J connectivity index is 3.50. The van der Waals surface area contributed by atoms with Crippen LogP contribution in [-0.2, 0) is 4.79 Å². The van der Waals surface area contributed by atoms with Crippen molar-refractivity contribution in [1.82, 2.24) is 0 Å². The van der Waals surface area contributed by atoms with Crippen LogP contribution in [0, 0.1) is 13.8 Å². The molecule has 0 aromatic heterocycles. The molecule has 0 heterocycles. The Morgan fingerprint density at radius 2 is 2.14 bits per heavy atom. The molecule has 4 heteroatoms. The van der Waals surface area contributed by atoms with Crippen LogP contribution < -0.4 is 4.74 Å². The summed E-state index contributed by atoms with van der Waals surface area (Å²) in [5.41, 5.74) is 2.62. The molecule has 0 bridgehead atoms. The number of carbonyl (C=O) groups excluding carboxylic acids is 1. The highest BCUT2D eigenvalue weighted by atomic mass is 79.9. The van der Waals surface area contributed by atoms with Gasteiger partial charge in [0.25, 0.3) is 0 Å². The Labute approximate surface area is 90.9 Å². The van der Waals surface area contributed by atoms with Gasteiger partial charge in [0.1, 0.15) is 5.69 Å². The zero-order valence-corrected chi connectivity index (χ0v) is 9.81. The minimum Gasteiger partial charge on any atom is -0.493 e. The van der Waals surface area contributed by atoms with Crippen LogP contribution in [0.25, 0.3) is 0 Å². The first-order valence-electron chi connectivity index (χ1n) is 4.03. The summed E-state index contributed by atoms with van der Waals surface area (Å²) in [5, 5.41) is 0. The Morgan fingerprint density at radius 3 is 2.64 bits per heavy atom. The first-order chi connectivity index (χ1) is 6.61. The monoisotopic (exact) mass is 255 g/mol. The number of aliphatic imine (C=N–C) groups is 1. The fourth-order valence-electron chi connectivity index (χ4n) is 1.16. The number of methoxy groups -OCH3 is 1. The summed E-state index contributed by atoms with van der Waals surface area (Å²) >= 11 is 3.40. The molecule has 0 fully saturated rings. The third-order valence-corrected chi connectivity index (χ3v) is 3.03. The van der Waals surface area contributed by atoms with Crippen LogP contribution in [0.4, 0.5) is 5.69 Å². The quantitative estimate of drug-likeness (QED) is 0.602. The second-order valence-electron chi connectivity index (χ2n) is 2.89. The maximum atomic E-state index is 10.2. The minimum absolute atomic E-state index is 0.498. The average molecular weight is 256 g/mol. The van der Waals surface area contributed by atoms with Gasteiger partial charge >= 0.3 is 0 Å². The molecule has 0 unspecified atom stereocenters. The molecular weight excluding hydrogens is 246 g/mol. The number of hydrogen-bond donors (Lipinski definition) is 0. The van der Waals surface area contributed by atoms with Crippen molar-refractivity contribution in [2.24, 2.45) is 4.99 Å². The van der Waals surface area contributed by atoms with E-state index in [1.54, 1.807) is 13.2 Å². The Morgan fingerprint density at radius 1 is 1.50 bits per heavy atom. The van der Waals surface area contributed by atoms with E-state index in [4.69, 9.17) is 4.74 Å². The van der Waals surface area contributed by atoms with Crippen molar-refractivity contribution in [2.45, 2.75) is 13.8 Å². The Hall–Kier alpha value is -1.12. The van der Waals surface area contributed by atoms with Crippen molar-refractivity contribution in [3.05, 3.63) is 21.7 Å². The van der Waals surface area contributed by atoms with Gasteiger partial charge in [-0.1, -0.05) is 0 Å². The second-order valence-corrected chi connectivity index (χ2v) is 3.68. The molecule has 1 aromatic rings. The van der Waals surface area contributed by atoms with Crippen LogP contribution in [0.1, 0.15) is 11.1 Å². The topological polar surface area (TPSA) is 38.7 Å². The molecule has 0 aliphatic rings. The fourth-order valence-corrected chi connectivity index (χ4v) is 1.84. The maximum Gasteiger partial charge on any atom is 0.240 e. The predicted octanol–water partition coefficient (Wildman–Crippen LogP) is 3.04. The lowest BCUT2D eigenvalue weighted by Gasteiger charge is -2.10. The van der Waals surface area contributed by atoms with E-state index in [2.05, 4.69) is 20.9 Å². The molecule has 0 saturated carbocycles. The number of isocyanates is 1. The Bertz CT molecular complexity index is 409. The summed E-state index contributed by atoms with van der Waals surface area (Å²) in [4.78, 5) is 13.8. The molecule has 0 N–H and O–H groups in total. The molecule has 0 saturated heterocycles. The number of benzene rings is 1. The van der Waals surface area contributed by atoms with E-state index in [0.717, 1.165) is 15.6 Å². The van der Waals surface area contributed by atoms with Crippen molar-refractivity contribution in [3.63, 3.8) is 0 Å². The van der Waals surface area contributed by atoms with Crippen molar-refractivity contribution in [1.29, 1.82) is 0 Å². The van der Waals surface area contributed by atoms with Gasteiger partial charge in [0, 0.05) is 0 Å². The van der Waals surface area contributed by atoms with Crippen LogP contribution in [0.15, 0.2) is 15.5 Å². The molecule has 0 radical (unpaired) electrons. The largest absolute Gasteiger partial charge is 0.493 e. The minimum atomic E-state index is 0.498. The number of rotatable bonds is 2. The normalized spacial score (nSPS) is 9.43. The van der Waals surface area contributed by atoms with E-state index in [0.29, 0.717) is 11.4 Å². The van der Waals surface area contributed by atoms with E-state index in [9.17, 15) is 4.79 Å². The number of nitrogens with zero attached hydrogens (tertiary/aromatic N) is 1. The van der Waals surface area contributed by atoms with Crippen molar-refractivity contribution in [3.8, 4) is 5.75 Å². The van der Waals surface area contributed by atoms with Crippen LogP contribution in [-0.4, -0.2) is 13.2 Å². The van der Waals surface area contributed by atoms with E-state index < -0.39 is 0 Å². The first kappa shape index (κ1) is 11.0. The van der Waals surface area contributed by atoms with Crippen molar-refractivity contribution >= 4 is 27.7 Å². The summed E-state index contributed by atoms with van der Waals surface area (Å²) in [6.07, 6.45) is 1.51. The number of hydrogen-bond acceptors (Lipinski definition) is 3. The summed E-state index contributed by atoms with van der Waals surface area (Å²) < 4.78 is 5.97. The van der Waals surface area contributed by atoms with E-state index >= 15 is 0 Å². The highest BCUT2D eigenvalue weighted by Crippen LogP contribution is 2.39. The van der Waals surface area contributed by atoms with Gasteiger partial charge in [0.05, 0.1) is 11.6 Å². The van der Waals surface area contributed by atoms with Gasteiger partial charge in [0.2, 0.25) is 6.08 Å². The summed E-state index contributed by atoms with van der Waals surface area (Å²) in [5.74, 6) is 0.566. The highest BCUT2D eigenvalue weighted by Gasteiger charge is 2.11. The third-order valence-electron chi connectivity index (χ3n) is 2.08. The standard InChI is InChI=1S/C10H10BrNO2/c1-6-4-8(12-5-13)10(14-3)9(11)7(6)2/h4H,1-3H3. The molecule has 0 atom stereocenters. The first-order valence-corrected chi connectivity index (χ1v) is 4.82. The molecular formula is C10H10BrNO2. The van der Waals surface area contributed by atoms with Gasteiger partial charge in [0.15, 0.2) is 5.75 Å². The van der Waals surface area contributed by atoms with Gasteiger partial charge in [-0.05, 0) is 47.0 Å². The molecule has 0 spiro atoms. The van der Waals surface area contributed by atoms with Crippen LogP contribution in [0.2, 0.25) is 0 Å². The zero-order chi connectivity index (χ0) is 10.7. The lowest BCUT2D eigenvalue weighted by Crippen LogP contribution is -1.90. The molecule has 0 aliphatic carbocycles. The van der Waals surface area contributed by atoms with Gasteiger partial charge in [-0.2, -0.15) is 4.99 Å². The summed E-state index contributed by atoms with van der Waals surface area (Å²) in [7, 11) is 1.54. The molecule has 74 valence electrons. The predicted molar refractivity (Wildman–Crippen MR) is 57.9 cm³/mol. The lowest BCUT2D eigenvalue weighted by atomic mass is 10.1. The second kappa shape index (κ2) is 4.40. The number of ether oxygens (including phenoxy) is 1. The fraction of sp³-hybridized carbons (Fsp3) is 0.300. The summed E-state index contributed by atoms with van der Waals surface area (Å²) in [6, 6.07) is 1.80. The maximum absolute atomic E-state index is 10.2. The molecule has 14 heavy (non-hydrogen) atoms. The molecule has 3 nitrogen and oxygen atoms in total. The van der Waals surface area contributed by atoms with Crippen LogP contribution >= 0.6 is 15.9 Å². The number of halogens is 1. The molecule has 1 rings (SSSR count). The third kappa shape index (κ3) is 1.86. The average Bonchev–Trinajstić information content (AvgIpc) is 2.16. The van der Waals surface area contributed by atoms with Crippen molar-refractivity contribution in [2.75, 3.05) is 7.11 Å². The van der Waals surface area contributed by atoms with Gasteiger partial charge in [-0.15, -0.1) is 0 Å². The van der Waals surface area contributed by atoms with Gasteiger partial charge in [-0.25, -0.2) is 4.79 Å². The van der Waals surface area contributed by atoms with E-state index in [-0.39, 0.29) is 0 Å². The molecule has 1 aromatic carbocycles. The molecule has 0 amide bonds. The number of aryl methyl sites for hydroxylation is 1. The van der Waals surface area contributed by atoms with Crippen LogP contribution in [0.5, 0.6) is 5.75 Å². The smallest absolute Gasteiger partial charge is 0.240 e. The highest BCUT2D eigenvalue weighted by molar-refractivity contribution is 9.10. The van der Waals surface area contributed by atoms with Gasteiger partial charge < -0.3 is 4.74 Å². The van der Waals surface area contributed by atoms with Crippen molar-refractivity contribution < 1.29 is 9.53 Å². The SMILES string of the molecule is COc1c(N=C=O)cc(C)c(C)c1Br. The van der Waals surface area contributed by atoms with E-state index in [1.807, 2.05) is 13.8 Å². The summed E-state index contributed by atoms with van der Waals surface area (Å²) in [6.45, 7) is 3.92. The molecule has 0 aliphatic heterocycles. The van der Waals surface area contributed by atoms with E-state index in [1.165, 1.54) is 6.08 Å². The van der Waals surface area contributed by atoms with Gasteiger partial charge in [-0.3, -0.25) is 0 Å². The Kier molecular flexibility index (Phi) is 3.44.